The summed E-state index contributed by atoms with van der Waals surface area (Å²) in [6.45, 7) is 2.38. The Morgan fingerprint density at radius 2 is 2.00 bits per heavy atom. The molecule has 0 heterocycles. The van der Waals surface area contributed by atoms with Crippen LogP contribution in [-0.2, 0) is 11.2 Å². The van der Waals surface area contributed by atoms with Crippen LogP contribution in [0.2, 0.25) is 10.0 Å². The van der Waals surface area contributed by atoms with E-state index in [-0.39, 0.29) is 11.3 Å². The van der Waals surface area contributed by atoms with Gasteiger partial charge in [0.1, 0.15) is 0 Å². The molecule has 0 aliphatic carbocycles. The van der Waals surface area contributed by atoms with Crippen LogP contribution in [0.5, 0.6) is 0 Å². The summed E-state index contributed by atoms with van der Waals surface area (Å²) in [5, 5.41) is 0.897. The molecule has 1 unspecified atom stereocenters. The number of benzene rings is 1. The van der Waals surface area contributed by atoms with Crippen LogP contribution in [0.25, 0.3) is 0 Å². The highest BCUT2D eigenvalue weighted by Gasteiger charge is 2.12. The Balaban J connectivity index is 2.64. The molecule has 5 heteroatoms. The van der Waals surface area contributed by atoms with Crippen LogP contribution in [0, 0.1) is 0 Å². The zero-order valence-electron chi connectivity index (χ0n) is 9.71. The molecule has 1 aromatic carbocycles. The molecule has 1 amide bonds. The SMILES string of the molecule is CC(Cl)CN(C)C(=O)Cc1ccc(Cl)c(Cl)c1. The monoisotopic (exact) mass is 293 g/mol. The largest absolute Gasteiger partial charge is 0.344 e. The molecule has 94 valence electrons. The molecule has 0 saturated carbocycles. The van der Waals surface area contributed by atoms with Gasteiger partial charge in [-0.05, 0) is 24.6 Å². The van der Waals surface area contributed by atoms with E-state index in [0.717, 1.165) is 5.56 Å². The third-order valence-electron chi connectivity index (χ3n) is 2.29. The van der Waals surface area contributed by atoms with E-state index in [2.05, 4.69) is 0 Å². The average Bonchev–Trinajstić information content (AvgIpc) is 2.22. The number of hydrogen-bond acceptors (Lipinski definition) is 1. The maximum absolute atomic E-state index is 11.8. The quantitative estimate of drug-likeness (QED) is 0.777. The predicted molar refractivity (Wildman–Crippen MR) is 73.1 cm³/mol. The number of carbonyl (C=O) groups is 1. The normalized spacial score (nSPS) is 12.3. The fraction of sp³-hybridized carbons (Fsp3) is 0.417. The number of carbonyl (C=O) groups excluding carboxylic acids is 1. The van der Waals surface area contributed by atoms with E-state index in [9.17, 15) is 4.79 Å². The Labute approximate surface area is 116 Å². The first-order valence-corrected chi connectivity index (χ1v) is 6.41. The van der Waals surface area contributed by atoms with E-state index in [1.165, 1.54) is 0 Å². The molecular formula is C12H14Cl3NO. The van der Waals surface area contributed by atoms with Crippen LogP contribution in [0.15, 0.2) is 18.2 Å². The number of halogens is 3. The van der Waals surface area contributed by atoms with Crippen molar-refractivity contribution < 1.29 is 4.79 Å². The fourth-order valence-electron chi connectivity index (χ4n) is 1.44. The van der Waals surface area contributed by atoms with E-state index in [0.29, 0.717) is 23.0 Å². The van der Waals surface area contributed by atoms with Crippen molar-refractivity contribution in [3.63, 3.8) is 0 Å². The number of rotatable bonds is 4. The third kappa shape index (κ3) is 4.74. The van der Waals surface area contributed by atoms with Crippen LogP contribution in [0.3, 0.4) is 0 Å². The summed E-state index contributed by atoms with van der Waals surface area (Å²) in [5.74, 6) is 0.0101. The molecule has 0 aromatic heterocycles. The molecule has 0 N–H and O–H groups in total. The second-order valence-corrected chi connectivity index (χ2v) is 5.54. The average molecular weight is 295 g/mol. The van der Waals surface area contributed by atoms with Gasteiger partial charge >= 0.3 is 0 Å². The van der Waals surface area contributed by atoms with E-state index < -0.39 is 0 Å². The molecule has 0 saturated heterocycles. The van der Waals surface area contributed by atoms with E-state index >= 15 is 0 Å². The number of nitrogens with zero attached hydrogens (tertiary/aromatic N) is 1. The van der Waals surface area contributed by atoms with E-state index in [1.54, 1.807) is 30.1 Å². The van der Waals surface area contributed by atoms with Gasteiger partial charge in [0.05, 0.1) is 16.5 Å². The highest BCUT2D eigenvalue weighted by molar-refractivity contribution is 6.42. The molecule has 1 atom stereocenters. The summed E-state index contributed by atoms with van der Waals surface area (Å²) < 4.78 is 0. The molecule has 0 spiro atoms. The highest BCUT2D eigenvalue weighted by Crippen LogP contribution is 2.22. The Kier molecular flexibility index (Phi) is 5.57. The Bertz CT molecular complexity index is 407. The number of amides is 1. The van der Waals surface area contributed by atoms with Gasteiger partial charge in [-0.15, -0.1) is 11.6 Å². The van der Waals surface area contributed by atoms with Crippen LogP contribution in [-0.4, -0.2) is 29.8 Å². The lowest BCUT2D eigenvalue weighted by atomic mass is 10.1. The van der Waals surface area contributed by atoms with Gasteiger partial charge < -0.3 is 4.90 Å². The molecule has 0 aliphatic rings. The van der Waals surface area contributed by atoms with Crippen molar-refractivity contribution >= 4 is 40.7 Å². The molecule has 1 rings (SSSR count). The van der Waals surface area contributed by atoms with Gasteiger partial charge in [-0.3, -0.25) is 4.79 Å². The molecule has 0 bridgehead atoms. The van der Waals surface area contributed by atoms with Crippen LogP contribution in [0.4, 0.5) is 0 Å². The molecule has 0 aliphatic heterocycles. The van der Waals surface area contributed by atoms with Crippen LogP contribution < -0.4 is 0 Å². The lowest BCUT2D eigenvalue weighted by molar-refractivity contribution is -0.129. The maximum Gasteiger partial charge on any atom is 0.226 e. The summed E-state index contributed by atoms with van der Waals surface area (Å²) in [4.78, 5) is 13.4. The van der Waals surface area contributed by atoms with Crippen molar-refractivity contribution in [3.8, 4) is 0 Å². The van der Waals surface area contributed by atoms with Gasteiger partial charge in [-0.1, -0.05) is 29.3 Å². The van der Waals surface area contributed by atoms with Gasteiger partial charge in [0, 0.05) is 19.0 Å². The first-order chi connectivity index (χ1) is 7.90. The maximum atomic E-state index is 11.8. The second kappa shape index (κ2) is 6.48. The molecule has 2 nitrogen and oxygen atoms in total. The Hall–Kier alpha value is -0.440. The van der Waals surface area contributed by atoms with Crippen molar-refractivity contribution in [2.45, 2.75) is 18.7 Å². The predicted octanol–water partition coefficient (Wildman–Crippen LogP) is 3.62. The lowest BCUT2D eigenvalue weighted by Crippen LogP contribution is -2.32. The van der Waals surface area contributed by atoms with Crippen molar-refractivity contribution in [1.29, 1.82) is 0 Å². The molecule has 0 fully saturated rings. The third-order valence-corrected chi connectivity index (χ3v) is 3.17. The van der Waals surface area contributed by atoms with Gasteiger partial charge in [-0.2, -0.15) is 0 Å². The molecule has 1 aromatic rings. The molecule has 0 radical (unpaired) electrons. The summed E-state index contributed by atoms with van der Waals surface area (Å²) in [5.41, 5.74) is 0.846. The van der Waals surface area contributed by atoms with Crippen molar-refractivity contribution in [1.82, 2.24) is 4.90 Å². The number of hydrogen-bond donors (Lipinski definition) is 0. The number of alkyl halides is 1. The van der Waals surface area contributed by atoms with Crippen molar-refractivity contribution in [3.05, 3.63) is 33.8 Å². The van der Waals surface area contributed by atoms with Gasteiger partial charge in [0.2, 0.25) is 5.91 Å². The van der Waals surface area contributed by atoms with Gasteiger partial charge in [0.15, 0.2) is 0 Å². The summed E-state index contributed by atoms with van der Waals surface area (Å²) >= 11 is 17.5. The molecular weight excluding hydrogens is 280 g/mol. The standard InChI is InChI=1S/C12H14Cl3NO/c1-8(13)7-16(2)12(17)6-9-3-4-10(14)11(15)5-9/h3-5,8H,6-7H2,1-2H3. The summed E-state index contributed by atoms with van der Waals surface area (Å²) in [6, 6.07) is 5.19. The van der Waals surface area contributed by atoms with Crippen LogP contribution >= 0.6 is 34.8 Å². The first-order valence-electron chi connectivity index (χ1n) is 5.22. The van der Waals surface area contributed by atoms with Crippen molar-refractivity contribution in [2.75, 3.05) is 13.6 Å². The van der Waals surface area contributed by atoms with Crippen LogP contribution in [0.1, 0.15) is 12.5 Å². The minimum atomic E-state index is -0.0576. The Morgan fingerprint density at radius 1 is 1.35 bits per heavy atom. The minimum Gasteiger partial charge on any atom is -0.344 e. The smallest absolute Gasteiger partial charge is 0.226 e. The zero-order chi connectivity index (χ0) is 13.0. The lowest BCUT2D eigenvalue weighted by Gasteiger charge is -2.18. The highest BCUT2D eigenvalue weighted by atomic mass is 35.5. The summed E-state index contributed by atoms with van der Waals surface area (Å²) in [7, 11) is 1.73. The molecule has 17 heavy (non-hydrogen) atoms. The van der Waals surface area contributed by atoms with Gasteiger partial charge in [-0.25, -0.2) is 0 Å². The fourth-order valence-corrected chi connectivity index (χ4v) is 1.97. The topological polar surface area (TPSA) is 20.3 Å². The van der Waals surface area contributed by atoms with E-state index in [1.807, 2.05) is 6.92 Å². The zero-order valence-corrected chi connectivity index (χ0v) is 12.0. The first kappa shape index (κ1) is 14.6. The van der Waals surface area contributed by atoms with Crippen molar-refractivity contribution in [2.24, 2.45) is 0 Å². The van der Waals surface area contributed by atoms with E-state index in [4.69, 9.17) is 34.8 Å². The Morgan fingerprint density at radius 3 is 2.53 bits per heavy atom. The second-order valence-electron chi connectivity index (χ2n) is 3.98. The number of likely N-dealkylation sites (N-methyl/N-ethyl adjacent to an activating group) is 1. The minimum absolute atomic E-state index is 0.0101. The van der Waals surface area contributed by atoms with Gasteiger partial charge in [0.25, 0.3) is 0 Å². The summed E-state index contributed by atoms with van der Waals surface area (Å²) in [6.07, 6.45) is 0.303.